The predicted octanol–water partition coefficient (Wildman–Crippen LogP) is 4.06. The summed E-state index contributed by atoms with van der Waals surface area (Å²) in [6.45, 7) is 0. The van der Waals surface area contributed by atoms with Gasteiger partial charge in [-0.25, -0.2) is 5.43 Å². The monoisotopic (exact) mass is 393 g/mol. The Morgan fingerprint density at radius 1 is 0.929 bits per heavy atom. The van der Waals surface area contributed by atoms with E-state index in [4.69, 9.17) is 11.6 Å². The van der Waals surface area contributed by atoms with Gasteiger partial charge in [0, 0.05) is 11.3 Å². The maximum atomic E-state index is 12.3. The second-order valence-electron chi connectivity index (χ2n) is 5.81. The number of rotatable bonds is 5. The van der Waals surface area contributed by atoms with Crippen molar-refractivity contribution in [3.63, 3.8) is 0 Å². The molecule has 3 aromatic carbocycles. The summed E-state index contributed by atoms with van der Waals surface area (Å²) in [5, 5.41) is 16.3. The molecule has 0 aliphatic rings. The molecule has 3 rings (SSSR count). The van der Waals surface area contributed by atoms with Gasteiger partial charge in [0.25, 0.3) is 11.8 Å². The van der Waals surface area contributed by atoms with Crippen LogP contribution in [0.1, 0.15) is 26.3 Å². The van der Waals surface area contributed by atoms with E-state index < -0.39 is 5.91 Å². The molecule has 0 heterocycles. The molecular formula is C21H16ClN3O3. The molecule has 0 atom stereocenters. The third-order valence-corrected chi connectivity index (χ3v) is 4.08. The van der Waals surface area contributed by atoms with Crippen LogP contribution in [0.3, 0.4) is 0 Å². The molecule has 6 nitrogen and oxygen atoms in total. The van der Waals surface area contributed by atoms with Crippen LogP contribution in [0.15, 0.2) is 77.9 Å². The number of phenols is 1. The summed E-state index contributed by atoms with van der Waals surface area (Å²) >= 11 is 6.03. The highest BCUT2D eigenvalue weighted by molar-refractivity contribution is 6.34. The van der Waals surface area contributed by atoms with E-state index in [-0.39, 0.29) is 11.7 Å². The van der Waals surface area contributed by atoms with Crippen molar-refractivity contribution in [1.82, 2.24) is 5.43 Å². The summed E-state index contributed by atoms with van der Waals surface area (Å²) in [6.07, 6.45) is 1.42. The first-order valence-electron chi connectivity index (χ1n) is 8.31. The van der Waals surface area contributed by atoms with E-state index in [1.165, 1.54) is 18.3 Å². The molecule has 7 heteroatoms. The van der Waals surface area contributed by atoms with E-state index in [2.05, 4.69) is 15.8 Å². The highest BCUT2D eigenvalue weighted by atomic mass is 35.5. The molecule has 0 radical (unpaired) electrons. The first-order chi connectivity index (χ1) is 13.5. The van der Waals surface area contributed by atoms with Gasteiger partial charge in [0.05, 0.1) is 16.8 Å². The van der Waals surface area contributed by atoms with E-state index in [0.29, 0.717) is 27.4 Å². The van der Waals surface area contributed by atoms with Gasteiger partial charge < -0.3 is 10.4 Å². The minimum Gasteiger partial charge on any atom is -0.508 e. The van der Waals surface area contributed by atoms with Gasteiger partial charge in [0.15, 0.2) is 0 Å². The number of hydrogen-bond donors (Lipinski definition) is 3. The molecule has 0 spiro atoms. The van der Waals surface area contributed by atoms with Crippen LogP contribution in [0.2, 0.25) is 5.02 Å². The largest absolute Gasteiger partial charge is 0.508 e. The first kappa shape index (κ1) is 19.1. The Labute approximate surface area is 166 Å². The molecule has 28 heavy (non-hydrogen) atoms. The minimum atomic E-state index is -0.440. The summed E-state index contributed by atoms with van der Waals surface area (Å²) in [5.41, 5.74) is 4.16. The van der Waals surface area contributed by atoms with Gasteiger partial charge in [0.2, 0.25) is 0 Å². The van der Waals surface area contributed by atoms with E-state index in [9.17, 15) is 14.7 Å². The normalized spacial score (nSPS) is 10.6. The van der Waals surface area contributed by atoms with Gasteiger partial charge in [-0.2, -0.15) is 5.10 Å². The Bertz CT molecular complexity index is 1050. The molecule has 2 amide bonds. The number of hydrogen-bond acceptors (Lipinski definition) is 4. The van der Waals surface area contributed by atoms with Gasteiger partial charge in [0.1, 0.15) is 5.75 Å². The average molecular weight is 394 g/mol. The maximum absolute atomic E-state index is 12.3. The van der Waals surface area contributed by atoms with Crippen molar-refractivity contribution in [3.8, 4) is 5.75 Å². The van der Waals surface area contributed by atoms with Crippen LogP contribution in [0.5, 0.6) is 5.75 Å². The highest BCUT2D eigenvalue weighted by Crippen LogP contribution is 2.18. The van der Waals surface area contributed by atoms with E-state index >= 15 is 0 Å². The molecular weight excluding hydrogens is 378 g/mol. The van der Waals surface area contributed by atoms with Crippen molar-refractivity contribution < 1.29 is 14.7 Å². The van der Waals surface area contributed by atoms with Crippen molar-refractivity contribution in [2.24, 2.45) is 5.10 Å². The zero-order chi connectivity index (χ0) is 19.9. The summed E-state index contributed by atoms with van der Waals surface area (Å²) in [4.78, 5) is 24.6. The molecule has 0 aliphatic heterocycles. The lowest BCUT2D eigenvalue weighted by atomic mass is 10.1. The van der Waals surface area contributed by atoms with Gasteiger partial charge >= 0.3 is 0 Å². The molecule has 3 N–H and O–H groups in total. The van der Waals surface area contributed by atoms with Crippen molar-refractivity contribution in [1.29, 1.82) is 0 Å². The maximum Gasteiger partial charge on any atom is 0.271 e. The molecule has 140 valence electrons. The fourth-order valence-electron chi connectivity index (χ4n) is 2.42. The number of hydrazone groups is 1. The highest BCUT2D eigenvalue weighted by Gasteiger charge is 2.11. The third-order valence-electron chi connectivity index (χ3n) is 3.75. The number of anilines is 1. The summed E-state index contributed by atoms with van der Waals surface area (Å²) in [5.74, 6) is -0.701. The number of aromatic hydroxyl groups is 1. The zero-order valence-electron chi connectivity index (χ0n) is 14.6. The van der Waals surface area contributed by atoms with Crippen molar-refractivity contribution in [2.75, 3.05) is 5.32 Å². The van der Waals surface area contributed by atoms with Gasteiger partial charge in [-0.1, -0.05) is 41.9 Å². The second-order valence-corrected chi connectivity index (χ2v) is 6.22. The smallest absolute Gasteiger partial charge is 0.271 e. The van der Waals surface area contributed by atoms with Crippen LogP contribution in [0.4, 0.5) is 5.69 Å². The molecule has 0 saturated carbocycles. The van der Waals surface area contributed by atoms with Crippen molar-refractivity contribution >= 4 is 35.3 Å². The molecule has 0 bridgehead atoms. The van der Waals surface area contributed by atoms with Gasteiger partial charge in [-0.15, -0.1) is 0 Å². The first-order valence-corrected chi connectivity index (χ1v) is 8.69. The Morgan fingerprint density at radius 2 is 1.71 bits per heavy atom. The lowest BCUT2D eigenvalue weighted by Gasteiger charge is -2.08. The Balaban J connectivity index is 1.66. The number of phenolic OH excluding ortho intramolecular Hbond substituents is 1. The molecule has 0 unspecified atom stereocenters. The lowest BCUT2D eigenvalue weighted by molar-refractivity contribution is 0.0953. The Hall–Kier alpha value is -3.64. The van der Waals surface area contributed by atoms with Crippen LogP contribution in [0.25, 0.3) is 0 Å². The number of halogens is 1. The van der Waals surface area contributed by atoms with Crippen LogP contribution < -0.4 is 10.7 Å². The number of amides is 2. The van der Waals surface area contributed by atoms with Crippen LogP contribution in [0, 0.1) is 0 Å². The fourth-order valence-corrected chi connectivity index (χ4v) is 2.64. The number of benzene rings is 3. The Kier molecular flexibility index (Phi) is 6.04. The minimum absolute atomic E-state index is 0.109. The number of nitrogens with zero attached hydrogens (tertiary/aromatic N) is 1. The number of carbonyl (C=O) groups is 2. The standard InChI is InChI=1S/C21H16ClN3O3/c22-19-10-2-1-9-18(19)21(28)24-16-7-4-6-15(12-16)20(27)25-23-13-14-5-3-8-17(26)11-14/h1-13,26H,(H,24,28)(H,25,27)/b23-13-. The fraction of sp³-hybridized carbons (Fsp3) is 0. The van der Waals surface area contributed by atoms with Gasteiger partial charge in [-0.3, -0.25) is 9.59 Å². The van der Waals surface area contributed by atoms with E-state index in [1.807, 2.05) is 0 Å². The molecule has 0 aromatic heterocycles. The topological polar surface area (TPSA) is 90.8 Å². The third kappa shape index (κ3) is 4.96. The lowest BCUT2D eigenvalue weighted by Crippen LogP contribution is -2.18. The zero-order valence-corrected chi connectivity index (χ0v) is 15.4. The molecule has 0 saturated heterocycles. The summed E-state index contributed by atoms with van der Waals surface area (Å²) in [7, 11) is 0. The molecule has 0 aliphatic carbocycles. The van der Waals surface area contributed by atoms with Crippen LogP contribution in [-0.4, -0.2) is 23.1 Å². The number of carbonyl (C=O) groups excluding carboxylic acids is 2. The Morgan fingerprint density at radius 3 is 2.50 bits per heavy atom. The average Bonchev–Trinajstić information content (AvgIpc) is 2.68. The molecule has 3 aromatic rings. The summed E-state index contributed by atoms with van der Waals surface area (Å²) in [6, 6.07) is 19.6. The number of nitrogens with one attached hydrogen (secondary N) is 2. The van der Waals surface area contributed by atoms with E-state index in [0.717, 1.165) is 0 Å². The van der Waals surface area contributed by atoms with Crippen LogP contribution in [-0.2, 0) is 0 Å². The second kappa shape index (κ2) is 8.83. The quantitative estimate of drug-likeness (QED) is 0.451. The van der Waals surface area contributed by atoms with Crippen molar-refractivity contribution in [3.05, 3.63) is 94.5 Å². The van der Waals surface area contributed by atoms with Crippen LogP contribution >= 0.6 is 11.6 Å². The SMILES string of the molecule is O=C(N/N=C\c1cccc(O)c1)c1cccc(NC(=O)c2ccccc2Cl)c1. The molecule has 0 fully saturated rings. The predicted molar refractivity (Wildman–Crippen MR) is 109 cm³/mol. The summed E-state index contributed by atoms with van der Waals surface area (Å²) < 4.78 is 0. The van der Waals surface area contributed by atoms with Gasteiger partial charge in [-0.05, 0) is 48.0 Å². The van der Waals surface area contributed by atoms with Crippen molar-refractivity contribution in [2.45, 2.75) is 0 Å². The van der Waals surface area contributed by atoms with E-state index in [1.54, 1.807) is 60.7 Å².